The van der Waals surface area contributed by atoms with E-state index in [0.29, 0.717) is 5.75 Å². The number of aryl methyl sites for hydroxylation is 1. The summed E-state index contributed by atoms with van der Waals surface area (Å²) in [4.78, 5) is 25.2. The van der Waals surface area contributed by atoms with Crippen molar-refractivity contribution in [3.63, 3.8) is 0 Å². The number of esters is 1. The van der Waals surface area contributed by atoms with E-state index in [0.717, 1.165) is 24.8 Å². The van der Waals surface area contributed by atoms with Gasteiger partial charge < -0.3 is 19.5 Å². The Balaban J connectivity index is 1.68. The Bertz CT molecular complexity index is 864. The van der Waals surface area contributed by atoms with Crippen LogP contribution in [0.25, 0.3) is 0 Å². The Morgan fingerprint density at radius 2 is 1.86 bits per heavy atom. The van der Waals surface area contributed by atoms with E-state index in [2.05, 4.69) is 11.4 Å². The molecule has 148 valence electrons. The molecule has 0 aromatic heterocycles. The molecule has 0 radical (unpaired) electrons. The number of benzene rings is 2. The Hall–Kier alpha value is -3.02. The smallest absolute Gasteiger partial charge is 0.342 e. The fourth-order valence-electron chi connectivity index (χ4n) is 3.52. The number of amides is 1. The molecule has 0 saturated carbocycles. The van der Waals surface area contributed by atoms with Crippen LogP contribution in [0.4, 0.5) is 0 Å². The Morgan fingerprint density at radius 3 is 2.61 bits per heavy atom. The van der Waals surface area contributed by atoms with Crippen molar-refractivity contribution in [2.24, 2.45) is 0 Å². The van der Waals surface area contributed by atoms with Crippen LogP contribution in [0.5, 0.6) is 11.5 Å². The Morgan fingerprint density at radius 1 is 1.07 bits per heavy atom. The lowest BCUT2D eigenvalue weighted by Crippen LogP contribution is -2.39. The van der Waals surface area contributed by atoms with Crippen LogP contribution < -0.4 is 14.8 Å². The lowest BCUT2D eigenvalue weighted by Gasteiger charge is -2.27. The lowest BCUT2D eigenvalue weighted by atomic mass is 9.87. The highest BCUT2D eigenvalue weighted by molar-refractivity contribution is 5.95. The number of hydrogen-bond acceptors (Lipinski definition) is 5. The average molecular weight is 383 g/mol. The van der Waals surface area contributed by atoms with E-state index in [1.807, 2.05) is 18.2 Å². The quantitative estimate of drug-likeness (QED) is 0.774. The molecule has 0 aliphatic heterocycles. The largest absolute Gasteiger partial charge is 0.493 e. The summed E-state index contributed by atoms with van der Waals surface area (Å²) in [5, 5.41) is 3.01. The van der Waals surface area contributed by atoms with Gasteiger partial charge in [0, 0.05) is 0 Å². The summed E-state index contributed by atoms with van der Waals surface area (Å²) in [5.74, 6) is -0.254. The predicted molar refractivity (Wildman–Crippen MR) is 105 cm³/mol. The fourth-order valence-corrected chi connectivity index (χ4v) is 3.52. The Kier molecular flexibility index (Phi) is 6.19. The van der Waals surface area contributed by atoms with E-state index < -0.39 is 12.1 Å². The second-order valence-electron chi connectivity index (χ2n) is 6.74. The summed E-state index contributed by atoms with van der Waals surface area (Å²) >= 11 is 0. The van der Waals surface area contributed by atoms with Gasteiger partial charge in [0.1, 0.15) is 5.56 Å². The van der Waals surface area contributed by atoms with E-state index in [4.69, 9.17) is 14.2 Å². The highest BCUT2D eigenvalue weighted by atomic mass is 16.6. The average Bonchev–Trinajstić information content (AvgIpc) is 2.73. The third-order valence-electron chi connectivity index (χ3n) is 4.96. The summed E-state index contributed by atoms with van der Waals surface area (Å²) in [5.41, 5.74) is 2.60. The van der Waals surface area contributed by atoms with E-state index in [9.17, 15) is 9.59 Å². The number of para-hydroxylation sites is 1. The first kappa shape index (κ1) is 19.7. The number of fused-ring (bicyclic) bond motifs is 1. The van der Waals surface area contributed by atoms with Gasteiger partial charge in [0.05, 0.1) is 20.3 Å². The standard InChI is InChI=1S/C22H25NO5/c1-14(28-22(25)17-11-7-13-19(26-2)20(17)27-3)21(24)23-18-12-6-9-15-8-4-5-10-16(15)18/h4-5,7-8,10-11,13-14,18H,6,9,12H2,1-3H3,(H,23,24)/t14-,18+/m0/s1. The van der Waals surface area contributed by atoms with Crippen molar-refractivity contribution in [3.05, 3.63) is 59.2 Å². The molecule has 2 atom stereocenters. The molecule has 1 N–H and O–H groups in total. The SMILES string of the molecule is COc1cccc(C(=O)O[C@@H](C)C(=O)N[C@@H]2CCCc3ccccc32)c1OC. The zero-order valence-electron chi connectivity index (χ0n) is 16.4. The third-order valence-corrected chi connectivity index (χ3v) is 4.96. The molecule has 6 heteroatoms. The fraction of sp³-hybridized carbons (Fsp3) is 0.364. The summed E-state index contributed by atoms with van der Waals surface area (Å²) in [7, 11) is 2.94. The van der Waals surface area contributed by atoms with Crippen molar-refractivity contribution in [3.8, 4) is 11.5 Å². The Labute approximate surface area is 164 Å². The molecule has 3 rings (SSSR count). The minimum absolute atomic E-state index is 0.0649. The number of nitrogens with one attached hydrogen (secondary N) is 1. The number of carbonyl (C=O) groups excluding carboxylic acids is 2. The van der Waals surface area contributed by atoms with Crippen LogP contribution in [-0.4, -0.2) is 32.2 Å². The molecule has 1 aliphatic rings. The minimum atomic E-state index is -0.933. The van der Waals surface area contributed by atoms with E-state index in [1.54, 1.807) is 25.1 Å². The lowest BCUT2D eigenvalue weighted by molar-refractivity contribution is -0.130. The van der Waals surface area contributed by atoms with Gasteiger partial charge in [-0.1, -0.05) is 30.3 Å². The summed E-state index contributed by atoms with van der Waals surface area (Å²) in [6.45, 7) is 1.56. The first-order valence-corrected chi connectivity index (χ1v) is 9.35. The van der Waals surface area contributed by atoms with Crippen molar-refractivity contribution >= 4 is 11.9 Å². The van der Waals surface area contributed by atoms with Crippen LogP contribution in [0.1, 0.15) is 47.3 Å². The molecular formula is C22H25NO5. The highest BCUT2D eigenvalue weighted by Crippen LogP contribution is 2.32. The normalized spacial score (nSPS) is 16.5. The topological polar surface area (TPSA) is 73.9 Å². The van der Waals surface area contributed by atoms with Gasteiger partial charge in [-0.25, -0.2) is 4.79 Å². The van der Waals surface area contributed by atoms with Gasteiger partial charge in [-0.2, -0.15) is 0 Å². The number of methoxy groups -OCH3 is 2. The van der Waals surface area contributed by atoms with Crippen LogP contribution in [-0.2, 0) is 16.0 Å². The van der Waals surface area contributed by atoms with Crippen molar-refractivity contribution in [1.29, 1.82) is 0 Å². The molecular weight excluding hydrogens is 358 g/mol. The predicted octanol–water partition coefficient (Wildman–Crippen LogP) is 3.44. The molecule has 2 aromatic carbocycles. The van der Waals surface area contributed by atoms with Crippen molar-refractivity contribution < 1.29 is 23.8 Å². The van der Waals surface area contributed by atoms with Crippen LogP contribution in [0, 0.1) is 0 Å². The minimum Gasteiger partial charge on any atom is -0.493 e. The number of hydrogen-bond donors (Lipinski definition) is 1. The van der Waals surface area contributed by atoms with Crippen LogP contribution >= 0.6 is 0 Å². The molecule has 0 fully saturated rings. The molecule has 1 amide bonds. The second kappa shape index (κ2) is 8.78. The maximum Gasteiger partial charge on any atom is 0.342 e. The first-order valence-electron chi connectivity index (χ1n) is 9.35. The maximum atomic E-state index is 12.6. The molecule has 0 saturated heterocycles. The highest BCUT2D eigenvalue weighted by Gasteiger charge is 2.27. The molecule has 28 heavy (non-hydrogen) atoms. The second-order valence-corrected chi connectivity index (χ2v) is 6.74. The van der Waals surface area contributed by atoms with Crippen molar-refractivity contribution in [2.75, 3.05) is 14.2 Å². The summed E-state index contributed by atoms with van der Waals surface area (Å²) < 4.78 is 15.8. The number of ether oxygens (including phenoxy) is 3. The summed E-state index contributed by atoms with van der Waals surface area (Å²) in [6.07, 6.45) is 1.96. The van der Waals surface area contributed by atoms with Crippen LogP contribution in [0.3, 0.4) is 0 Å². The number of carbonyl (C=O) groups is 2. The van der Waals surface area contributed by atoms with Crippen molar-refractivity contribution in [1.82, 2.24) is 5.32 Å². The maximum absolute atomic E-state index is 12.6. The molecule has 0 unspecified atom stereocenters. The third kappa shape index (κ3) is 4.11. The van der Waals surface area contributed by atoms with Crippen LogP contribution in [0.15, 0.2) is 42.5 Å². The molecule has 2 aromatic rings. The van der Waals surface area contributed by atoms with Gasteiger partial charge in [0.15, 0.2) is 17.6 Å². The molecule has 0 bridgehead atoms. The first-order chi connectivity index (χ1) is 13.5. The van der Waals surface area contributed by atoms with Gasteiger partial charge >= 0.3 is 5.97 Å². The zero-order valence-corrected chi connectivity index (χ0v) is 16.4. The van der Waals surface area contributed by atoms with Gasteiger partial charge in [0.25, 0.3) is 5.91 Å². The van der Waals surface area contributed by atoms with E-state index in [1.165, 1.54) is 19.8 Å². The van der Waals surface area contributed by atoms with E-state index >= 15 is 0 Å². The zero-order chi connectivity index (χ0) is 20.1. The van der Waals surface area contributed by atoms with E-state index in [-0.39, 0.29) is 23.3 Å². The monoisotopic (exact) mass is 383 g/mol. The molecule has 0 spiro atoms. The van der Waals surface area contributed by atoms with Gasteiger partial charge in [0.2, 0.25) is 0 Å². The molecule has 6 nitrogen and oxygen atoms in total. The van der Waals surface area contributed by atoms with Gasteiger partial charge in [-0.05, 0) is 49.4 Å². The molecule has 0 heterocycles. The summed E-state index contributed by atoms with van der Waals surface area (Å²) in [6, 6.07) is 13.0. The van der Waals surface area contributed by atoms with Gasteiger partial charge in [-0.3, -0.25) is 4.79 Å². The van der Waals surface area contributed by atoms with Crippen LogP contribution in [0.2, 0.25) is 0 Å². The number of rotatable bonds is 6. The van der Waals surface area contributed by atoms with Crippen molar-refractivity contribution in [2.45, 2.75) is 38.3 Å². The van der Waals surface area contributed by atoms with Gasteiger partial charge in [-0.15, -0.1) is 0 Å². The molecule has 1 aliphatic carbocycles.